The second-order valence-corrected chi connectivity index (χ2v) is 6.24. The summed E-state index contributed by atoms with van der Waals surface area (Å²) in [6.45, 7) is 4.01. The lowest BCUT2D eigenvalue weighted by atomic mass is 10.3. The molecule has 3 aromatic rings. The molecule has 0 bridgehead atoms. The van der Waals surface area contributed by atoms with Gasteiger partial charge in [-0.2, -0.15) is 9.78 Å². The fourth-order valence-electron chi connectivity index (χ4n) is 2.13. The Labute approximate surface area is 143 Å². The molecule has 0 saturated heterocycles. The van der Waals surface area contributed by atoms with E-state index in [1.54, 1.807) is 21.6 Å². The zero-order valence-corrected chi connectivity index (χ0v) is 14.1. The highest BCUT2D eigenvalue weighted by Crippen LogP contribution is 2.19. The lowest BCUT2D eigenvalue weighted by Gasteiger charge is -2.11. The van der Waals surface area contributed by atoms with Crippen molar-refractivity contribution in [1.82, 2.24) is 30.0 Å². The number of thioether (sulfide) groups is 1. The molecule has 0 aliphatic carbocycles. The predicted octanol–water partition coefficient (Wildman–Crippen LogP) is 2.17. The third kappa shape index (κ3) is 3.62. The van der Waals surface area contributed by atoms with Crippen LogP contribution in [0.25, 0.3) is 5.69 Å². The molecule has 8 nitrogen and oxygen atoms in total. The van der Waals surface area contributed by atoms with E-state index in [0.29, 0.717) is 11.0 Å². The minimum Gasteiger partial charge on any atom is -0.310 e. The van der Waals surface area contributed by atoms with Crippen molar-refractivity contribution in [1.29, 1.82) is 0 Å². The van der Waals surface area contributed by atoms with E-state index in [9.17, 15) is 4.79 Å². The van der Waals surface area contributed by atoms with E-state index in [2.05, 4.69) is 25.9 Å². The lowest BCUT2D eigenvalue weighted by Crippen LogP contribution is -2.18. The van der Waals surface area contributed by atoms with Gasteiger partial charge in [-0.15, -0.1) is 5.10 Å². The number of para-hydroxylation sites is 1. The van der Waals surface area contributed by atoms with Gasteiger partial charge in [-0.25, -0.2) is 4.68 Å². The summed E-state index contributed by atoms with van der Waals surface area (Å²) in [5, 5.41) is 19.2. The maximum atomic E-state index is 12.2. The standard InChI is InChI=1S/C15H17N7OS/c1-11(2)21-13(8-9-16-21)17-14(23)10-24-15-18-19-20-22(15)12-6-4-3-5-7-12/h3-9,11H,10H2,1-2H3,(H,17,23). The monoisotopic (exact) mass is 343 g/mol. The molecule has 3 rings (SSSR count). The molecule has 0 aliphatic rings. The van der Waals surface area contributed by atoms with Gasteiger partial charge < -0.3 is 5.32 Å². The molecule has 1 aromatic carbocycles. The van der Waals surface area contributed by atoms with Gasteiger partial charge in [0.15, 0.2) is 0 Å². The summed E-state index contributed by atoms with van der Waals surface area (Å²) < 4.78 is 3.37. The van der Waals surface area contributed by atoms with Gasteiger partial charge >= 0.3 is 0 Å². The molecule has 0 radical (unpaired) electrons. The van der Waals surface area contributed by atoms with Crippen LogP contribution in [0.3, 0.4) is 0 Å². The SMILES string of the molecule is CC(C)n1nccc1NC(=O)CSc1nnnn1-c1ccccc1. The average Bonchev–Trinajstić information content (AvgIpc) is 3.22. The molecule has 2 aromatic heterocycles. The fraction of sp³-hybridized carbons (Fsp3) is 0.267. The Bertz CT molecular complexity index is 812. The first-order chi connectivity index (χ1) is 11.6. The third-order valence-corrected chi connectivity index (χ3v) is 4.12. The van der Waals surface area contributed by atoms with Gasteiger partial charge in [-0.1, -0.05) is 30.0 Å². The van der Waals surface area contributed by atoms with Crippen LogP contribution < -0.4 is 5.32 Å². The predicted molar refractivity (Wildman–Crippen MR) is 91.1 cm³/mol. The van der Waals surface area contributed by atoms with Crippen LogP contribution in [-0.4, -0.2) is 41.6 Å². The van der Waals surface area contributed by atoms with Crippen LogP contribution in [0.4, 0.5) is 5.82 Å². The number of hydrogen-bond acceptors (Lipinski definition) is 6. The molecule has 9 heteroatoms. The van der Waals surface area contributed by atoms with E-state index in [1.165, 1.54) is 11.8 Å². The minimum absolute atomic E-state index is 0.134. The number of anilines is 1. The van der Waals surface area contributed by atoms with Crippen molar-refractivity contribution < 1.29 is 4.79 Å². The third-order valence-electron chi connectivity index (χ3n) is 3.20. The molecular formula is C15H17N7OS. The molecule has 0 saturated carbocycles. The molecule has 1 N–H and O–H groups in total. The minimum atomic E-state index is -0.134. The van der Waals surface area contributed by atoms with E-state index >= 15 is 0 Å². The summed E-state index contributed by atoms with van der Waals surface area (Å²) in [7, 11) is 0. The topological polar surface area (TPSA) is 90.5 Å². The van der Waals surface area contributed by atoms with Crippen LogP contribution in [0.15, 0.2) is 47.8 Å². The van der Waals surface area contributed by atoms with Crippen LogP contribution in [0.1, 0.15) is 19.9 Å². The second-order valence-electron chi connectivity index (χ2n) is 5.30. The molecule has 124 valence electrons. The van der Waals surface area contributed by atoms with Crippen molar-refractivity contribution in [3.05, 3.63) is 42.6 Å². The Balaban J connectivity index is 1.63. The van der Waals surface area contributed by atoms with Crippen LogP contribution >= 0.6 is 11.8 Å². The van der Waals surface area contributed by atoms with Crippen LogP contribution in [0, 0.1) is 0 Å². The molecule has 0 atom stereocenters. The number of carbonyl (C=O) groups excluding carboxylic acids is 1. The summed E-state index contributed by atoms with van der Waals surface area (Å²) >= 11 is 1.28. The molecule has 0 unspecified atom stereocenters. The summed E-state index contributed by atoms with van der Waals surface area (Å²) in [6.07, 6.45) is 1.67. The van der Waals surface area contributed by atoms with Gasteiger partial charge in [0.05, 0.1) is 17.6 Å². The normalized spacial score (nSPS) is 11.0. The summed E-state index contributed by atoms with van der Waals surface area (Å²) in [5.74, 6) is 0.750. The largest absolute Gasteiger partial charge is 0.310 e. The van der Waals surface area contributed by atoms with Crippen molar-refractivity contribution in [3.8, 4) is 5.69 Å². The Morgan fingerprint density at radius 3 is 2.79 bits per heavy atom. The Morgan fingerprint density at radius 2 is 2.04 bits per heavy atom. The Hall–Kier alpha value is -2.68. The molecule has 0 aliphatic heterocycles. The first-order valence-corrected chi connectivity index (χ1v) is 8.43. The van der Waals surface area contributed by atoms with Gasteiger partial charge in [0.1, 0.15) is 5.82 Å². The molecule has 1 amide bonds. The summed E-state index contributed by atoms with van der Waals surface area (Å²) in [4.78, 5) is 12.2. The number of nitrogens with one attached hydrogen (secondary N) is 1. The van der Waals surface area contributed by atoms with E-state index in [1.807, 2.05) is 44.2 Å². The number of nitrogens with zero attached hydrogens (tertiary/aromatic N) is 6. The summed E-state index contributed by atoms with van der Waals surface area (Å²) in [5.41, 5.74) is 0.850. The van der Waals surface area contributed by atoms with Crippen molar-refractivity contribution in [2.24, 2.45) is 0 Å². The second kappa shape index (κ2) is 7.26. The summed E-state index contributed by atoms with van der Waals surface area (Å²) in [6, 6.07) is 11.5. The quantitative estimate of drug-likeness (QED) is 0.690. The van der Waals surface area contributed by atoms with Crippen molar-refractivity contribution in [2.45, 2.75) is 25.0 Å². The average molecular weight is 343 g/mol. The maximum Gasteiger partial charge on any atom is 0.235 e. The van der Waals surface area contributed by atoms with E-state index in [0.717, 1.165) is 5.69 Å². The van der Waals surface area contributed by atoms with Crippen LogP contribution in [-0.2, 0) is 4.79 Å². The zero-order valence-electron chi connectivity index (χ0n) is 13.3. The van der Waals surface area contributed by atoms with Gasteiger partial charge in [-0.05, 0) is 36.4 Å². The zero-order chi connectivity index (χ0) is 16.9. The van der Waals surface area contributed by atoms with E-state index < -0.39 is 0 Å². The highest BCUT2D eigenvalue weighted by molar-refractivity contribution is 7.99. The molecule has 24 heavy (non-hydrogen) atoms. The highest BCUT2D eigenvalue weighted by atomic mass is 32.2. The van der Waals surface area contributed by atoms with Gasteiger partial charge in [-0.3, -0.25) is 4.79 Å². The number of benzene rings is 1. The lowest BCUT2D eigenvalue weighted by molar-refractivity contribution is -0.113. The van der Waals surface area contributed by atoms with Crippen molar-refractivity contribution >= 4 is 23.5 Å². The number of tetrazole rings is 1. The Morgan fingerprint density at radius 1 is 1.25 bits per heavy atom. The number of hydrogen-bond donors (Lipinski definition) is 1. The fourth-order valence-corrected chi connectivity index (χ4v) is 2.82. The van der Waals surface area contributed by atoms with Crippen molar-refractivity contribution in [3.63, 3.8) is 0 Å². The van der Waals surface area contributed by atoms with Crippen molar-refractivity contribution in [2.75, 3.05) is 11.1 Å². The number of aromatic nitrogens is 6. The Kier molecular flexibility index (Phi) is 4.90. The maximum absolute atomic E-state index is 12.2. The number of carbonyl (C=O) groups is 1. The molecular weight excluding hydrogens is 326 g/mol. The first-order valence-electron chi connectivity index (χ1n) is 7.45. The van der Waals surface area contributed by atoms with Gasteiger partial charge in [0, 0.05) is 12.1 Å². The van der Waals surface area contributed by atoms with Gasteiger partial charge in [0.25, 0.3) is 0 Å². The smallest absolute Gasteiger partial charge is 0.235 e. The number of amides is 1. The van der Waals surface area contributed by atoms with E-state index in [-0.39, 0.29) is 17.7 Å². The van der Waals surface area contributed by atoms with Crippen LogP contribution in [0.2, 0.25) is 0 Å². The first kappa shape index (κ1) is 16.2. The van der Waals surface area contributed by atoms with Crippen LogP contribution in [0.5, 0.6) is 0 Å². The highest BCUT2D eigenvalue weighted by Gasteiger charge is 2.13. The van der Waals surface area contributed by atoms with Gasteiger partial charge in [0.2, 0.25) is 11.1 Å². The molecule has 0 fully saturated rings. The molecule has 0 spiro atoms. The van der Waals surface area contributed by atoms with E-state index in [4.69, 9.17) is 0 Å². The molecule has 2 heterocycles. The number of rotatable bonds is 6.